The summed E-state index contributed by atoms with van der Waals surface area (Å²) in [7, 11) is 3.38. The van der Waals surface area contributed by atoms with Crippen molar-refractivity contribution in [1.29, 1.82) is 0 Å². The molecule has 0 aliphatic heterocycles. The largest absolute Gasteiger partial charge is 0.492 e. The zero-order valence-electron chi connectivity index (χ0n) is 14.3. The number of benzene rings is 1. The van der Waals surface area contributed by atoms with E-state index in [9.17, 15) is 4.79 Å². The van der Waals surface area contributed by atoms with Gasteiger partial charge in [0.25, 0.3) is 5.91 Å². The van der Waals surface area contributed by atoms with E-state index in [0.717, 1.165) is 0 Å². The van der Waals surface area contributed by atoms with Gasteiger partial charge in [0.2, 0.25) is 5.95 Å². The number of hydrogen-bond donors (Lipinski definition) is 1. The highest BCUT2D eigenvalue weighted by Crippen LogP contribution is 2.27. The smallest absolute Gasteiger partial charge is 0.257 e. The number of nitrogens with two attached hydrogens (primary N) is 1. The summed E-state index contributed by atoms with van der Waals surface area (Å²) in [6.07, 6.45) is 1.18. The van der Waals surface area contributed by atoms with Gasteiger partial charge in [0.1, 0.15) is 5.75 Å². The number of aromatic nitrogens is 2. The van der Waals surface area contributed by atoms with Gasteiger partial charge in [0.15, 0.2) is 0 Å². The average molecular weight is 383 g/mol. The molecule has 1 aromatic carbocycles. The Labute approximate surface area is 156 Å². The summed E-state index contributed by atoms with van der Waals surface area (Å²) in [6.45, 7) is 2.17. The lowest BCUT2D eigenvalue weighted by molar-refractivity contribution is 0.0824. The second kappa shape index (κ2) is 8.36. The number of ether oxygens (including phenoxy) is 1. The van der Waals surface area contributed by atoms with Crippen molar-refractivity contribution in [2.45, 2.75) is 19.8 Å². The van der Waals surface area contributed by atoms with Crippen LogP contribution in [0.4, 0.5) is 5.95 Å². The van der Waals surface area contributed by atoms with Gasteiger partial charge in [-0.3, -0.25) is 4.79 Å². The molecule has 0 spiro atoms. The fraction of sp³-hybridized carbons (Fsp3) is 0.353. The predicted molar refractivity (Wildman–Crippen MR) is 99.5 cm³/mol. The Kier molecular flexibility index (Phi) is 6.45. The van der Waals surface area contributed by atoms with Gasteiger partial charge in [0, 0.05) is 19.1 Å². The summed E-state index contributed by atoms with van der Waals surface area (Å²) in [5, 5.41) is 1.01. The summed E-state index contributed by atoms with van der Waals surface area (Å²) in [4.78, 5) is 22.2. The van der Waals surface area contributed by atoms with Gasteiger partial charge in [-0.2, -0.15) is 0 Å². The summed E-state index contributed by atoms with van der Waals surface area (Å²) in [5.41, 5.74) is 7.41. The number of rotatable bonds is 6. The van der Waals surface area contributed by atoms with Crippen LogP contribution in [0.1, 0.15) is 28.2 Å². The first-order chi connectivity index (χ1) is 11.8. The van der Waals surface area contributed by atoms with E-state index >= 15 is 0 Å². The molecule has 1 heterocycles. The van der Waals surface area contributed by atoms with Crippen molar-refractivity contribution >= 4 is 35.1 Å². The number of hydrogen-bond acceptors (Lipinski definition) is 5. The molecule has 0 saturated heterocycles. The highest BCUT2D eigenvalue weighted by Gasteiger charge is 2.19. The lowest BCUT2D eigenvalue weighted by Crippen LogP contribution is -2.25. The molecule has 1 amide bonds. The van der Waals surface area contributed by atoms with Crippen LogP contribution in [0.3, 0.4) is 0 Å². The number of aryl methyl sites for hydroxylation is 2. The first kappa shape index (κ1) is 19.3. The fourth-order valence-electron chi connectivity index (χ4n) is 2.35. The molecular formula is C17H20Cl2N4O2. The maximum absolute atomic E-state index is 12.4. The number of carbonyl (C=O) groups is 1. The molecule has 0 radical (unpaired) electrons. The Morgan fingerprint density at radius 1 is 1.28 bits per heavy atom. The van der Waals surface area contributed by atoms with Crippen LogP contribution < -0.4 is 10.5 Å². The molecule has 25 heavy (non-hydrogen) atoms. The van der Waals surface area contributed by atoms with Crippen molar-refractivity contribution < 1.29 is 9.53 Å². The Bertz CT molecular complexity index is 781. The Balaban J connectivity index is 2.06. The third kappa shape index (κ3) is 4.96. The van der Waals surface area contributed by atoms with Gasteiger partial charge in [-0.25, -0.2) is 9.97 Å². The predicted octanol–water partition coefficient (Wildman–Crippen LogP) is 3.39. The van der Waals surface area contributed by atoms with E-state index in [4.69, 9.17) is 33.7 Å². The molecule has 2 rings (SSSR count). The van der Waals surface area contributed by atoms with E-state index in [1.807, 2.05) is 0 Å². The highest BCUT2D eigenvalue weighted by atomic mass is 35.5. The summed E-state index contributed by atoms with van der Waals surface area (Å²) >= 11 is 11.9. The monoisotopic (exact) mass is 382 g/mol. The van der Waals surface area contributed by atoms with E-state index in [0.29, 0.717) is 52.2 Å². The third-order valence-electron chi connectivity index (χ3n) is 3.51. The Morgan fingerprint density at radius 2 is 2.00 bits per heavy atom. The second-order valence-electron chi connectivity index (χ2n) is 5.72. The van der Waals surface area contributed by atoms with Crippen LogP contribution in [0, 0.1) is 6.92 Å². The van der Waals surface area contributed by atoms with Gasteiger partial charge in [-0.05, 0) is 38.0 Å². The SMILES string of the molecule is Cc1nc(N)nc(CCCOc2ccc(Cl)cc2Cl)c1C(=O)N(C)C. The molecule has 134 valence electrons. The molecule has 0 saturated carbocycles. The maximum atomic E-state index is 12.4. The Hall–Kier alpha value is -2.05. The zero-order valence-corrected chi connectivity index (χ0v) is 15.9. The number of nitrogens with zero attached hydrogens (tertiary/aromatic N) is 3. The Morgan fingerprint density at radius 3 is 2.64 bits per heavy atom. The molecule has 6 nitrogen and oxygen atoms in total. The minimum atomic E-state index is -0.144. The first-order valence-electron chi connectivity index (χ1n) is 7.72. The van der Waals surface area contributed by atoms with Crippen molar-refractivity contribution in [3.05, 3.63) is 45.2 Å². The van der Waals surface area contributed by atoms with Crippen LogP contribution in [-0.4, -0.2) is 41.5 Å². The van der Waals surface area contributed by atoms with Crippen molar-refractivity contribution in [3.8, 4) is 5.75 Å². The summed E-state index contributed by atoms with van der Waals surface area (Å²) in [5.74, 6) is 0.577. The van der Waals surface area contributed by atoms with Gasteiger partial charge in [-0.1, -0.05) is 23.2 Å². The van der Waals surface area contributed by atoms with Gasteiger partial charge in [-0.15, -0.1) is 0 Å². The first-order valence-corrected chi connectivity index (χ1v) is 8.47. The van der Waals surface area contributed by atoms with E-state index in [2.05, 4.69) is 9.97 Å². The minimum Gasteiger partial charge on any atom is -0.492 e. The minimum absolute atomic E-state index is 0.144. The zero-order chi connectivity index (χ0) is 18.6. The third-order valence-corrected chi connectivity index (χ3v) is 4.04. The highest BCUT2D eigenvalue weighted by molar-refractivity contribution is 6.35. The van der Waals surface area contributed by atoms with E-state index < -0.39 is 0 Å². The lowest BCUT2D eigenvalue weighted by Gasteiger charge is -2.16. The molecule has 2 aromatic rings. The molecule has 0 aliphatic carbocycles. The van der Waals surface area contributed by atoms with Crippen molar-refractivity contribution in [3.63, 3.8) is 0 Å². The van der Waals surface area contributed by atoms with Crippen LogP contribution in [0.2, 0.25) is 10.0 Å². The standard InChI is InChI=1S/C17H20Cl2N4O2/c1-10-15(16(24)23(2)3)13(22-17(20)21-10)5-4-8-25-14-7-6-11(18)9-12(14)19/h6-7,9H,4-5,8H2,1-3H3,(H2,20,21,22). The maximum Gasteiger partial charge on any atom is 0.257 e. The number of carbonyl (C=O) groups excluding carboxylic acids is 1. The van der Waals surface area contributed by atoms with Crippen molar-refractivity contribution in [1.82, 2.24) is 14.9 Å². The van der Waals surface area contributed by atoms with Gasteiger partial charge in [0.05, 0.1) is 28.6 Å². The van der Waals surface area contributed by atoms with Crippen LogP contribution in [0.5, 0.6) is 5.75 Å². The number of halogens is 2. The molecular weight excluding hydrogens is 363 g/mol. The van der Waals surface area contributed by atoms with Gasteiger partial charge >= 0.3 is 0 Å². The molecule has 0 atom stereocenters. The molecule has 0 aliphatic rings. The second-order valence-corrected chi connectivity index (χ2v) is 6.56. The van der Waals surface area contributed by atoms with Crippen LogP contribution in [0.25, 0.3) is 0 Å². The average Bonchev–Trinajstić information content (AvgIpc) is 2.52. The van der Waals surface area contributed by atoms with Crippen LogP contribution in [0.15, 0.2) is 18.2 Å². The van der Waals surface area contributed by atoms with Crippen molar-refractivity contribution in [2.24, 2.45) is 0 Å². The summed E-state index contributed by atoms with van der Waals surface area (Å²) < 4.78 is 5.66. The molecule has 8 heteroatoms. The quantitative estimate of drug-likeness (QED) is 0.774. The summed E-state index contributed by atoms with van der Waals surface area (Å²) in [6, 6.07) is 5.06. The number of amides is 1. The fourth-order valence-corrected chi connectivity index (χ4v) is 2.82. The van der Waals surface area contributed by atoms with Crippen LogP contribution >= 0.6 is 23.2 Å². The molecule has 0 unspecified atom stereocenters. The van der Waals surface area contributed by atoms with E-state index in [-0.39, 0.29) is 11.9 Å². The molecule has 1 aromatic heterocycles. The van der Waals surface area contributed by atoms with Crippen LogP contribution in [-0.2, 0) is 6.42 Å². The van der Waals surface area contributed by atoms with Crippen molar-refractivity contribution in [2.75, 3.05) is 26.4 Å². The number of nitrogen functional groups attached to an aromatic ring is 1. The molecule has 0 bridgehead atoms. The number of anilines is 1. The molecule has 2 N–H and O–H groups in total. The van der Waals surface area contributed by atoms with E-state index in [1.165, 1.54) is 4.90 Å². The van der Waals surface area contributed by atoms with Gasteiger partial charge < -0.3 is 15.4 Å². The topological polar surface area (TPSA) is 81.3 Å². The normalized spacial score (nSPS) is 10.6. The molecule has 0 fully saturated rings. The lowest BCUT2D eigenvalue weighted by atomic mass is 10.1. The van der Waals surface area contributed by atoms with E-state index in [1.54, 1.807) is 39.2 Å².